The van der Waals surface area contributed by atoms with E-state index in [4.69, 9.17) is 5.11 Å². The van der Waals surface area contributed by atoms with Crippen LogP contribution < -0.4 is 0 Å². The van der Waals surface area contributed by atoms with Crippen LogP contribution >= 0.6 is 0 Å². The molecule has 0 bridgehead atoms. The number of amides is 2. The van der Waals surface area contributed by atoms with Gasteiger partial charge in [0.1, 0.15) is 0 Å². The van der Waals surface area contributed by atoms with Gasteiger partial charge in [-0.3, -0.25) is 4.79 Å². The van der Waals surface area contributed by atoms with Gasteiger partial charge in [0.15, 0.2) is 0 Å². The highest BCUT2D eigenvalue weighted by Gasteiger charge is 2.22. The molecule has 0 atom stereocenters. The molecule has 1 fully saturated rings. The van der Waals surface area contributed by atoms with Crippen molar-refractivity contribution in [2.24, 2.45) is 0 Å². The molecule has 5 heteroatoms. The highest BCUT2D eigenvalue weighted by molar-refractivity contribution is 5.94. The van der Waals surface area contributed by atoms with Gasteiger partial charge in [-0.2, -0.15) is 0 Å². The fourth-order valence-electron chi connectivity index (χ4n) is 1.83. The second-order valence-corrected chi connectivity index (χ2v) is 4.18. The van der Waals surface area contributed by atoms with E-state index in [2.05, 4.69) is 11.8 Å². The highest BCUT2D eigenvalue weighted by atomic mass is 16.4. The van der Waals surface area contributed by atoms with Gasteiger partial charge >= 0.3 is 6.09 Å². The van der Waals surface area contributed by atoms with Crippen molar-refractivity contribution in [1.29, 1.82) is 0 Å². The Hall–Kier alpha value is -2.48. The molecule has 1 aliphatic heterocycles. The smallest absolute Gasteiger partial charge is 0.407 e. The van der Waals surface area contributed by atoms with E-state index in [0.717, 1.165) is 5.56 Å². The molecule has 98 valence electrons. The summed E-state index contributed by atoms with van der Waals surface area (Å²) in [4.78, 5) is 25.4. The first-order chi connectivity index (χ1) is 9.16. The van der Waals surface area contributed by atoms with E-state index >= 15 is 0 Å². The minimum absolute atomic E-state index is 0.256. The molecule has 5 nitrogen and oxygen atoms in total. The first-order valence-electron chi connectivity index (χ1n) is 6.00. The number of carboxylic acid groups (broad SMARTS) is 1. The molecule has 0 aromatic heterocycles. The molecule has 1 heterocycles. The maximum absolute atomic E-state index is 11.8. The van der Waals surface area contributed by atoms with Crippen LogP contribution in [0.1, 0.15) is 5.56 Å². The first kappa shape index (κ1) is 13.0. The average molecular weight is 258 g/mol. The predicted molar refractivity (Wildman–Crippen MR) is 69.5 cm³/mol. The van der Waals surface area contributed by atoms with Crippen LogP contribution in [0.15, 0.2) is 30.3 Å². The summed E-state index contributed by atoms with van der Waals surface area (Å²) in [6.45, 7) is 1.48. The first-order valence-corrected chi connectivity index (χ1v) is 6.00. The van der Waals surface area contributed by atoms with Crippen LogP contribution in [0.25, 0.3) is 0 Å². The van der Waals surface area contributed by atoms with Gasteiger partial charge in [-0.1, -0.05) is 24.1 Å². The van der Waals surface area contributed by atoms with Gasteiger partial charge < -0.3 is 14.9 Å². The summed E-state index contributed by atoms with van der Waals surface area (Å²) in [5.41, 5.74) is 0.792. The highest BCUT2D eigenvalue weighted by Crippen LogP contribution is 2.02. The quantitative estimate of drug-likeness (QED) is 0.702. The zero-order valence-corrected chi connectivity index (χ0v) is 10.4. The lowest BCUT2D eigenvalue weighted by molar-refractivity contribution is -0.126. The molecule has 0 aliphatic carbocycles. The topological polar surface area (TPSA) is 60.9 Å². The summed E-state index contributed by atoms with van der Waals surface area (Å²) in [5, 5.41) is 8.81. The summed E-state index contributed by atoms with van der Waals surface area (Å²) in [6.07, 6.45) is -0.942. The molecule has 1 aliphatic rings. The summed E-state index contributed by atoms with van der Waals surface area (Å²) in [5.74, 6) is 5.13. The Morgan fingerprint density at radius 1 is 1.00 bits per heavy atom. The van der Waals surface area contributed by atoms with Crippen LogP contribution in [0, 0.1) is 11.8 Å². The van der Waals surface area contributed by atoms with E-state index < -0.39 is 6.09 Å². The largest absolute Gasteiger partial charge is 0.465 e. The molecule has 1 aromatic rings. The Bertz CT molecular complexity index is 523. The second kappa shape index (κ2) is 5.91. The van der Waals surface area contributed by atoms with Gasteiger partial charge in [0.2, 0.25) is 0 Å². The fraction of sp³-hybridized carbons (Fsp3) is 0.286. The summed E-state index contributed by atoms with van der Waals surface area (Å²) in [6, 6.07) is 9.28. The lowest BCUT2D eigenvalue weighted by Gasteiger charge is -2.31. The normalized spacial score (nSPS) is 14.5. The van der Waals surface area contributed by atoms with Crippen LogP contribution in [0.5, 0.6) is 0 Å². The number of nitrogens with zero attached hydrogens (tertiary/aromatic N) is 2. The number of carbonyl (C=O) groups is 2. The molecular weight excluding hydrogens is 244 g/mol. The standard InChI is InChI=1S/C14H14N2O3/c17-13(7-6-12-4-2-1-3-5-12)15-8-10-16(11-9-15)14(18)19/h1-5H,8-11H2,(H,18,19). The number of carbonyl (C=O) groups excluding carboxylic acids is 1. The van der Waals surface area contributed by atoms with Crippen LogP contribution in [0.4, 0.5) is 4.79 Å². The minimum Gasteiger partial charge on any atom is -0.465 e. The summed E-state index contributed by atoms with van der Waals surface area (Å²) in [7, 11) is 0. The Morgan fingerprint density at radius 2 is 1.58 bits per heavy atom. The molecule has 2 rings (SSSR count). The SMILES string of the molecule is O=C(O)N1CCN(C(=O)C#Cc2ccccc2)CC1. The third kappa shape index (κ3) is 3.49. The maximum atomic E-state index is 11.8. The summed E-state index contributed by atoms with van der Waals surface area (Å²) < 4.78 is 0. The molecule has 1 saturated heterocycles. The van der Waals surface area contributed by atoms with Crippen molar-refractivity contribution < 1.29 is 14.7 Å². The Labute approximate surface area is 111 Å². The lowest BCUT2D eigenvalue weighted by atomic mass is 10.2. The Morgan fingerprint density at radius 3 is 2.16 bits per heavy atom. The van der Waals surface area contributed by atoms with E-state index in [1.165, 1.54) is 4.90 Å². The number of benzene rings is 1. The molecule has 2 amide bonds. The number of hydrogen-bond donors (Lipinski definition) is 1. The third-order valence-electron chi connectivity index (χ3n) is 2.92. The van der Waals surface area contributed by atoms with Gasteiger partial charge in [0.25, 0.3) is 5.91 Å². The maximum Gasteiger partial charge on any atom is 0.407 e. The number of piperazine rings is 1. The van der Waals surface area contributed by atoms with E-state index in [-0.39, 0.29) is 5.91 Å². The van der Waals surface area contributed by atoms with Gasteiger partial charge in [0.05, 0.1) is 0 Å². The molecule has 0 spiro atoms. The van der Waals surface area contributed by atoms with Crippen molar-refractivity contribution in [2.45, 2.75) is 0 Å². The molecule has 0 unspecified atom stereocenters. The fourth-order valence-corrected chi connectivity index (χ4v) is 1.83. The summed E-state index contributed by atoms with van der Waals surface area (Å²) >= 11 is 0. The van der Waals surface area contributed by atoms with Crippen LogP contribution in [0.3, 0.4) is 0 Å². The predicted octanol–water partition coefficient (Wildman–Crippen LogP) is 0.860. The van der Waals surface area contributed by atoms with Crippen molar-refractivity contribution in [1.82, 2.24) is 9.80 Å². The Kier molecular flexibility index (Phi) is 4.04. The molecular formula is C14H14N2O3. The number of hydrogen-bond acceptors (Lipinski definition) is 2. The second-order valence-electron chi connectivity index (χ2n) is 4.18. The van der Waals surface area contributed by atoms with Crippen molar-refractivity contribution in [2.75, 3.05) is 26.2 Å². The van der Waals surface area contributed by atoms with E-state index in [9.17, 15) is 9.59 Å². The van der Waals surface area contributed by atoms with Crippen molar-refractivity contribution in [3.05, 3.63) is 35.9 Å². The van der Waals surface area contributed by atoms with Gasteiger partial charge in [0, 0.05) is 37.7 Å². The lowest BCUT2D eigenvalue weighted by Crippen LogP contribution is -2.49. The van der Waals surface area contributed by atoms with E-state index in [1.54, 1.807) is 4.90 Å². The third-order valence-corrected chi connectivity index (χ3v) is 2.92. The zero-order chi connectivity index (χ0) is 13.7. The van der Waals surface area contributed by atoms with Crippen molar-refractivity contribution in [3.63, 3.8) is 0 Å². The van der Waals surface area contributed by atoms with Gasteiger partial charge in [-0.25, -0.2) is 4.79 Å². The minimum atomic E-state index is -0.942. The van der Waals surface area contributed by atoms with Crippen molar-refractivity contribution in [3.8, 4) is 11.8 Å². The van der Waals surface area contributed by atoms with E-state index in [1.807, 2.05) is 30.3 Å². The van der Waals surface area contributed by atoms with E-state index in [0.29, 0.717) is 26.2 Å². The molecule has 1 aromatic carbocycles. The molecule has 1 N–H and O–H groups in total. The molecule has 19 heavy (non-hydrogen) atoms. The van der Waals surface area contributed by atoms with Gasteiger partial charge in [-0.15, -0.1) is 0 Å². The number of rotatable bonds is 0. The van der Waals surface area contributed by atoms with Crippen LogP contribution in [-0.4, -0.2) is 53.1 Å². The van der Waals surface area contributed by atoms with Gasteiger partial charge in [-0.05, 0) is 12.1 Å². The Balaban J connectivity index is 1.92. The zero-order valence-electron chi connectivity index (χ0n) is 10.4. The van der Waals surface area contributed by atoms with Crippen molar-refractivity contribution >= 4 is 12.0 Å². The van der Waals surface area contributed by atoms with Crippen LogP contribution in [-0.2, 0) is 4.79 Å². The molecule has 0 saturated carbocycles. The average Bonchev–Trinajstić information content (AvgIpc) is 2.46. The molecule has 0 radical (unpaired) electrons. The monoisotopic (exact) mass is 258 g/mol. The van der Waals surface area contributed by atoms with Crippen LogP contribution in [0.2, 0.25) is 0 Å².